The molecule has 0 N–H and O–H groups in total. The van der Waals surface area contributed by atoms with E-state index in [1.165, 1.54) is 0 Å². The Morgan fingerprint density at radius 3 is 2.89 bits per heavy atom. The van der Waals surface area contributed by atoms with Gasteiger partial charge in [-0.15, -0.1) is 0 Å². The molecule has 0 aliphatic rings. The molecule has 0 aromatic rings. The molecule has 0 saturated heterocycles. The van der Waals surface area contributed by atoms with Crippen molar-refractivity contribution >= 4 is 17.0 Å². The summed E-state index contributed by atoms with van der Waals surface area (Å²) in [6.07, 6.45) is -0.415. The molecule has 1 unspecified atom stereocenters. The quantitative estimate of drug-likeness (QED) is 0.229. The fourth-order valence-corrected chi connectivity index (χ4v) is 0.265. The van der Waals surface area contributed by atoms with Gasteiger partial charge in [0.25, 0.3) is 6.47 Å². The first-order chi connectivity index (χ1) is 4.31. The summed E-state index contributed by atoms with van der Waals surface area (Å²) >= 11 is 0. The summed E-state index contributed by atoms with van der Waals surface area (Å²) in [5, 5.41) is 0. The molecule has 0 aromatic heterocycles. The maximum atomic E-state index is 9.52. The number of rotatable bonds is 5. The zero-order chi connectivity index (χ0) is 7.11. The molecule has 9 heavy (non-hydrogen) atoms. The molecule has 0 heterocycles. The lowest BCUT2D eigenvalue weighted by molar-refractivity contribution is -0.161. The smallest absolute Gasteiger partial charge is 0.295 e. The van der Waals surface area contributed by atoms with Gasteiger partial charge in [0.2, 0.25) is 10.5 Å². The van der Waals surface area contributed by atoms with E-state index in [4.69, 9.17) is 4.74 Å². The first-order valence-electron chi connectivity index (χ1n) is 2.30. The Morgan fingerprint density at radius 2 is 2.44 bits per heavy atom. The predicted octanol–water partition coefficient (Wildman–Crippen LogP) is -0.420. The lowest BCUT2D eigenvalue weighted by atomic mass is 10.8. The fourth-order valence-electron chi connectivity index (χ4n) is 0.197. The average Bonchev–Trinajstić information content (AvgIpc) is 1.89. The second-order valence-corrected chi connectivity index (χ2v) is 1.47. The van der Waals surface area contributed by atoms with Gasteiger partial charge in [-0.1, -0.05) is 0 Å². The summed E-state index contributed by atoms with van der Waals surface area (Å²) in [5.74, 6) is 0. The topological polar surface area (TPSA) is 44.8 Å². The zero-order valence-electron chi connectivity index (χ0n) is 4.99. The Labute approximate surface area is 56.6 Å². The van der Waals surface area contributed by atoms with Crippen LogP contribution in [-0.2, 0) is 18.7 Å². The van der Waals surface area contributed by atoms with Crippen LogP contribution < -0.4 is 0 Å². The molecule has 0 rings (SSSR count). The highest BCUT2D eigenvalue weighted by Crippen LogP contribution is 1.87. The highest BCUT2D eigenvalue weighted by molar-refractivity contribution is 5.98. The summed E-state index contributed by atoms with van der Waals surface area (Å²) in [4.78, 5) is 9.52. The summed E-state index contributed by atoms with van der Waals surface area (Å²) in [6.45, 7) is 1.87. The van der Waals surface area contributed by atoms with Gasteiger partial charge in [0.1, 0.15) is 6.29 Å². The molecule has 0 spiro atoms. The molecule has 5 heteroatoms. The predicted molar refractivity (Wildman–Crippen MR) is 29.4 cm³/mol. The molecule has 3 radical (unpaired) electrons. The highest BCUT2D eigenvalue weighted by Gasteiger charge is 1.95. The number of hydrogen-bond acceptors (Lipinski definition) is 4. The van der Waals surface area contributed by atoms with Crippen LogP contribution in [0.15, 0.2) is 0 Å². The van der Waals surface area contributed by atoms with Crippen LogP contribution >= 0.6 is 0 Å². The molecule has 0 fully saturated rings. The van der Waals surface area contributed by atoms with Gasteiger partial charge in [-0.25, -0.2) is 0 Å². The fraction of sp³-hybridized carbons (Fsp3) is 0.750. The van der Waals surface area contributed by atoms with Crippen molar-refractivity contribution in [3.8, 4) is 0 Å². The molecule has 1 atom stereocenters. The van der Waals surface area contributed by atoms with Crippen LogP contribution in [0.1, 0.15) is 6.92 Å². The van der Waals surface area contributed by atoms with Crippen molar-refractivity contribution in [3.63, 3.8) is 0 Å². The van der Waals surface area contributed by atoms with Gasteiger partial charge in [-0.2, -0.15) is 0 Å². The van der Waals surface area contributed by atoms with Crippen LogP contribution in [0, 0.1) is 0 Å². The normalized spacial score (nSPS) is 12.7. The van der Waals surface area contributed by atoms with Gasteiger partial charge in [-0.05, 0) is 6.92 Å². The monoisotopic (exact) mass is 147 g/mol. The van der Waals surface area contributed by atoms with Crippen LogP contribution in [0.5, 0.6) is 0 Å². The number of carbonyl (C=O) groups excluding carboxylic acids is 1. The zero-order valence-corrected chi connectivity index (χ0v) is 5.99. The van der Waals surface area contributed by atoms with Crippen molar-refractivity contribution in [1.29, 1.82) is 0 Å². The van der Waals surface area contributed by atoms with Crippen molar-refractivity contribution in [2.24, 2.45) is 0 Å². The van der Waals surface area contributed by atoms with E-state index in [-0.39, 0.29) is 6.79 Å². The lowest BCUT2D eigenvalue weighted by Crippen LogP contribution is -2.12. The molecule has 0 saturated carbocycles. The molecule has 0 bridgehead atoms. The van der Waals surface area contributed by atoms with E-state index < -0.39 is 6.29 Å². The Balaban J connectivity index is 2.96. The van der Waals surface area contributed by atoms with Gasteiger partial charge < -0.3 is 13.9 Å². The summed E-state index contributed by atoms with van der Waals surface area (Å²) < 4.78 is 13.4. The number of ether oxygens (including phenoxy) is 2. The minimum atomic E-state index is -0.415. The van der Waals surface area contributed by atoms with Crippen LogP contribution in [0.4, 0.5) is 0 Å². The second-order valence-electron chi connectivity index (χ2n) is 1.23. The minimum absolute atomic E-state index is 0.0881. The van der Waals surface area contributed by atoms with E-state index in [1.807, 2.05) is 0 Å². The van der Waals surface area contributed by atoms with Crippen LogP contribution in [0.3, 0.4) is 0 Å². The molecular formula is C4H7O4Si. The summed E-state index contributed by atoms with van der Waals surface area (Å²) in [6, 6.07) is 0. The van der Waals surface area contributed by atoms with E-state index in [9.17, 15) is 4.79 Å². The Hall–Kier alpha value is -0.393. The first kappa shape index (κ1) is 8.61. The van der Waals surface area contributed by atoms with Crippen molar-refractivity contribution in [1.82, 2.24) is 0 Å². The van der Waals surface area contributed by atoms with Crippen LogP contribution in [0.25, 0.3) is 0 Å². The van der Waals surface area contributed by atoms with Crippen molar-refractivity contribution < 1.29 is 18.7 Å². The van der Waals surface area contributed by atoms with Crippen molar-refractivity contribution in [2.75, 3.05) is 6.79 Å². The van der Waals surface area contributed by atoms with Gasteiger partial charge in [0, 0.05) is 0 Å². The molecule has 0 aromatic carbocycles. The molecule has 0 aliphatic carbocycles. The Morgan fingerprint density at radius 1 is 1.78 bits per heavy atom. The highest BCUT2D eigenvalue weighted by atomic mass is 28.2. The van der Waals surface area contributed by atoms with E-state index >= 15 is 0 Å². The Bertz CT molecular complexity index is 77.0. The maximum absolute atomic E-state index is 9.52. The van der Waals surface area contributed by atoms with E-state index in [0.29, 0.717) is 6.47 Å². The van der Waals surface area contributed by atoms with Gasteiger partial charge >= 0.3 is 0 Å². The lowest BCUT2D eigenvalue weighted by Gasteiger charge is -2.08. The third-order valence-electron chi connectivity index (χ3n) is 0.605. The number of hydrogen-bond donors (Lipinski definition) is 0. The van der Waals surface area contributed by atoms with Crippen molar-refractivity contribution in [2.45, 2.75) is 13.2 Å². The van der Waals surface area contributed by atoms with E-state index in [2.05, 4.69) is 19.6 Å². The summed E-state index contributed by atoms with van der Waals surface area (Å²) in [5.41, 5.74) is 0. The number of carbonyl (C=O) groups is 1. The Kier molecular flexibility index (Phi) is 5.49. The molecule has 0 aliphatic heterocycles. The summed E-state index contributed by atoms with van der Waals surface area (Å²) in [7, 11) is 2.74. The SMILES string of the molecule is CC(O[Si])OCOC=O. The van der Waals surface area contributed by atoms with Gasteiger partial charge in [-0.3, -0.25) is 4.79 Å². The minimum Gasteiger partial charge on any atom is -0.441 e. The molecule has 51 valence electrons. The van der Waals surface area contributed by atoms with E-state index in [1.54, 1.807) is 6.92 Å². The average molecular weight is 147 g/mol. The third kappa shape index (κ3) is 5.48. The van der Waals surface area contributed by atoms with Gasteiger partial charge in [0.15, 0.2) is 6.79 Å². The molecular weight excluding hydrogens is 140 g/mol. The van der Waals surface area contributed by atoms with Gasteiger partial charge in [0.05, 0.1) is 0 Å². The molecule has 4 nitrogen and oxygen atoms in total. The molecule has 0 amide bonds. The maximum Gasteiger partial charge on any atom is 0.295 e. The second kappa shape index (κ2) is 5.74. The van der Waals surface area contributed by atoms with Crippen LogP contribution in [-0.4, -0.2) is 30.0 Å². The standard InChI is InChI=1S/C4H7O4Si/c1-4(8-9)7-3-6-2-5/h2,4H,3H2,1H3. The first-order valence-corrected chi connectivity index (χ1v) is 2.71. The van der Waals surface area contributed by atoms with Crippen LogP contribution in [0.2, 0.25) is 0 Å². The van der Waals surface area contributed by atoms with E-state index in [0.717, 1.165) is 0 Å². The van der Waals surface area contributed by atoms with Crippen molar-refractivity contribution in [3.05, 3.63) is 0 Å². The largest absolute Gasteiger partial charge is 0.441 e. The third-order valence-corrected chi connectivity index (χ3v) is 0.937.